The number of likely N-dealkylation sites (tertiary alicyclic amines) is 1. The van der Waals surface area contributed by atoms with Gasteiger partial charge in [-0.05, 0) is 39.0 Å². The summed E-state index contributed by atoms with van der Waals surface area (Å²) in [7, 11) is 5.64. The van der Waals surface area contributed by atoms with Gasteiger partial charge in [-0.2, -0.15) is 0 Å². The molecule has 0 bridgehead atoms. The first-order valence-electron chi connectivity index (χ1n) is 8.14. The van der Waals surface area contributed by atoms with E-state index in [1.807, 2.05) is 20.8 Å². The SMILES string of the molecule is [B]c1cc(F)ccc1NC(=O)OC1CCN(C(=O)OC(C)(C)C)CC1. The summed E-state index contributed by atoms with van der Waals surface area (Å²) in [4.78, 5) is 25.5. The monoisotopic (exact) mass is 348 g/mol. The van der Waals surface area contributed by atoms with Crippen molar-refractivity contribution in [3.63, 3.8) is 0 Å². The van der Waals surface area contributed by atoms with Crippen LogP contribution in [0.5, 0.6) is 0 Å². The lowest BCUT2D eigenvalue weighted by atomic mass is 9.94. The highest BCUT2D eigenvalue weighted by Crippen LogP contribution is 2.18. The fourth-order valence-electron chi connectivity index (χ4n) is 2.42. The van der Waals surface area contributed by atoms with Crippen LogP contribution < -0.4 is 10.8 Å². The number of carbonyl (C=O) groups excluding carboxylic acids is 2. The molecule has 2 amide bonds. The largest absolute Gasteiger partial charge is 0.446 e. The van der Waals surface area contributed by atoms with Crippen molar-refractivity contribution in [3.05, 3.63) is 24.0 Å². The number of nitrogens with zero attached hydrogens (tertiary/aromatic N) is 1. The Morgan fingerprint density at radius 3 is 2.48 bits per heavy atom. The first-order valence-corrected chi connectivity index (χ1v) is 8.14. The fraction of sp³-hybridized carbons (Fsp3) is 0.529. The zero-order chi connectivity index (χ0) is 18.6. The molecule has 0 saturated carbocycles. The van der Waals surface area contributed by atoms with Gasteiger partial charge in [0.15, 0.2) is 0 Å². The summed E-state index contributed by atoms with van der Waals surface area (Å²) in [5, 5.41) is 2.49. The Balaban J connectivity index is 1.79. The number of amides is 2. The van der Waals surface area contributed by atoms with Gasteiger partial charge in [-0.1, -0.05) is 5.46 Å². The van der Waals surface area contributed by atoms with Crippen molar-refractivity contribution in [2.75, 3.05) is 18.4 Å². The van der Waals surface area contributed by atoms with Crippen LogP contribution in [0.25, 0.3) is 0 Å². The Morgan fingerprint density at radius 1 is 1.28 bits per heavy atom. The van der Waals surface area contributed by atoms with E-state index in [1.165, 1.54) is 12.1 Å². The molecule has 134 valence electrons. The van der Waals surface area contributed by atoms with Gasteiger partial charge in [-0.15, -0.1) is 0 Å². The van der Waals surface area contributed by atoms with Crippen molar-refractivity contribution in [1.29, 1.82) is 0 Å². The Bertz CT molecular complexity index is 640. The summed E-state index contributed by atoms with van der Waals surface area (Å²) in [6.45, 7) is 6.34. The number of benzene rings is 1. The van der Waals surface area contributed by atoms with E-state index in [0.29, 0.717) is 25.9 Å². The van der Waals surface area contributed by atoms with Gasteiger partial charge < -0.3 is 14.4 Å². The predicted molar refractivity (Wildman–Crippen MR) is 92.7 cm³/mol. The second-order valence-electron chi connectivity index (χ2n) is 6.93. The topological polar surface area (TPSA) is 67.9 Å². The number of ether oxygens (including phenoxy) is 2. The molecule has 8 heteroatoms. The molecule has 1 fully saturated rings. The molecule has 1 N–H and O–H groups in total. The van der Waals surface area contributed by atoms with Crippen molar-refractivity contribution >= 4 is 31.2 Å². The molecule has 1 aliphatic heterocycles. The molecule has 1 aromatic carbocycles. The molecule has 0 unspecified atom stereocenters. The molecular weight excluding hydrogens is 326 g/mol. The summed E-state index contributed by atoms with van der Waals surface area (Å²) >= 11 is 0. The molecule has 1 aromatic rings. The van der Waals surface area contributed by atoms with Gasteiger partial charge in [0.05, 0.1) is 0 Å². The molecule has 0 atom stereocenters. The molecule has 2 radical (unpaired) electrons. The van der Waals surface area contributed by atoms with Crippen LogP contribution in [0.4, 0.5) is 19.7 Å². The van der Waals surface area contributed by atoms with E-state index in [9.17, 15) is 14.0 Å². The lowest BCUT2D eigenvalue weighted by molar-refractivity contribution is 0.00794. The third kappa shape index (κ3) is 5.96. The second kappa shape index (κ2) is 7.76. The maximum Gasteiger partial charge on any atom is 0.411 e. The summed E-state index contributed by atoms with van der Waals surface area (Å²) in [6, 6.07) is 3.69. The van der Waals surface area contributed by atoms with Crippen molar-refractivity contribution in [2.45, 2.75) is 45.3 Å². The number of halogens is 1. The number of anilines is 1. The van der Waals surface area contributed by atoms with Crippen LogP contribution in [-0.2, 0) is 9.47 Å². The van der Waals surface area contributed by atoms with E-state index < -0.39 is 17.5 Å². The predicted octanol–water partition coefficient (Wildman–Crippen LogP) is 2.57. The smallest absolute Gasteiger partial charge is 0.411 e. The van der Waals surface area contributed by atoms with Crippen LogP contribution in [0.3, 0.4) is 0 Å². The number of nitrogens with one attached hydrogen (secondary N) is 1. The van der Waals surface area contributed by atoms with E-state index in [1.54, 1.807) is 4.90 Å². The Labute approximate surface area is 148 Å². The van der Waals surface area contributed by atoms with Crippen molar-refractivity contribution in [1.82, 2.24) is 4.90 Å². The van der Waals surface area contributed by atoms with E-state index in [0.717, 1.165) is 6.07 Å². The van der Waals surface area contributed by atoms with E-state index in [-0.39, 0.29) is 23.3 Å². The van der Waals surface area contributed by atoms with E-state index >= 15 is 0 Å². The fourth-order valence-corrected chi connectivity index (χ4v) is 2.42. The Morgan fingerprint density at radius 2 is 1.92 bits per heavy atom. The van der Waals surface area contributed by atoms with Crippen LogP contribution in [0, 0.1) is 5.82 Å². The molecule has 1 saturated heterocycles. The summed E-state index contributed by atoms with van der Waals surface area (Å²) in [5.74, 6) is -0.481. The van der Waals surface area contributed by atoms with Gasteiger partial charge >= 0.3 is 12.2 Å². The number of rotatable bonds is 2. The molecule has 0 spiro atoms. The molecule has 25 heavy (non-hydrogen) atoms. The number of carbonyl (C=O) groups is 2. The van der Waals surface area contributed by atoms with Gasteiger partial charge in [0.25, 0.3) is 0 Å². The van der Waals surface area contributed by atoms with Crippen molar-refractivity contribution in [2.24, 2.45) is 0 Å². The van der Waals surface area contributed by atoms with Crippen molar-refractivity contribution in [3.8, 4) is 0 Å². The molecule has 6 nitrogen and oxygen atoms in total. The molecule has 0 aromatic heterocycles. The maximum atomic E-state index is 13.0. The highest BCUT2D eigenvalue weighted by molar-refractivity contribution is 6.36. The third-order valence-corrected chi connectivity index (χ3v) is 3.62. The standard InChI is InChI=1S/C17H22BFN2O4/c1-17(2,3)25-16(23)21-8-6-12(7-9-21)24-15(22)20-14-5-4-11(19)10-13(14)18/h4-5,10,12H,6-9H2,1-3H3,(H,20,22). The summed E-state index contributed by atoms with van der Waals surface area (Å²) < 4.78 is 23.6. The molecule has 1 aliphatic rings. The number of piperidine rings is 1. The van der Waals surface area contributed by atoms with Crippen LogP contribution >= 0.6 is 0 Å². The second-order valence-corrected chi connectivity index (χ2v) is 6.93. The molecule has 1 heterocycles. The maximum absolute atomic E-state index is 13.0. The highest BCUT2D eigenvalue weighted by atomic mass is 19.1. The minimum absolute atomic E-state index is 0.122. The summed E-state index contributed by atoms with van der Waals surface area (Å²) in [5.41, 5.74) is -0.131. The van der Waals surface area contributed by atoms with E-state index in [2.05, 4.69) is 5.32 Å². The third-order valence-electron chi connectivity index (χ3n) is 3.62. The average Bonchev–Trinajstić information content (AvgIpc) is 2.49. The van der Waals surface area contributed by atoms with Crippen LogP contribution in [0.1, 0.15) is 33.6 Å². The first-order chi connectivity index (χ1) is 11.6. The van der Waals surface area contributed by atoms with Gasteiger partial charge in [0.2, 0.25) is 0 Å². The van der Waals surface area contributed by atoms with Gasteiger partial charge in [-0.25, -0.2) is 14.0 Å². The zero-order valence-electron chi connectivity index (χ0n) is 14.7. The zero-order valence-corrected chi connectivity index (χ0v) is 14.7. The quantitative estimate of drug-likeness (QED) is 0.835. The minimum atomic E-state index is -0.658. The minimum Gasteiger partial charge on any atom is -0.446 e. The number of hydrogen-bond donors (Lipinski definition) is 1. The molecular formula is C17H22BFN2O4. The van der Waals surface area contributed by atoms with Crippen LogP contribution in [-0.4, -0.2) is 49.7 Å². The Kier molecular flexibility index (Phi) is 5.92. The van der Waals surface area contributed by atoms with Gasteiger partial charge in [-0.3, -0.25) is 5.32 Å². The average molecular weight is 348 g/mol. The summed E-state index contributed by atoms with van der Waals surface area (Å²) in [6.07, 6.45) is -0.291. The lowest BCUT2D eigenvalue weighted by Gasteiger charge is -2.33. The Hall–Kier alpha value is -2.25. The van der Waals surface area contributed by atoms with E-state index in [4.69, 9.17) is 17.3 Å². The van der Waals surface area contributed by atoms with Crippen LogP contribution in [0.15, 0.2) is 18.2 Å². The van der Waals surface area contributed by atoms with Crippen LogP contribution in [0.2, 0.25) is 0 Å². The van der Waals surface area contributed by atoms with Gasteiger partial charge in [0, 0.05) is 31.6 Å². The number of hydrogen-bond acceptors (Lipinski definition) is 4. The first kappa shape index (κ1) is 19.1. The molecule has 2 rings (SSSR count). The molecule has 0 aliphatic carbocycles. The highest BCUT2D eigenvalue weighted by Gasteiger charge is 2.28. The lowest BCUT2D eigenvalue weighted by Crippen LogP contribution is -2.44. The normalized spacial score (nSPS) is 15.6. The van der Waals surface area contributed by atoms with Gasteiger partial charge in [0.1, 0.15) is 25.4 Å². The van der Waals surface area contributed by atoms with Crippen molar-refractivity contribution < 1.29 is 23.5 Å².